The fraction of sp³-hybridized carbons (Fsp3) is 0.200. The number of carbonyl (C=O) groups is 2. The summed E-state index contributed by atoms with van der Waals surface area (Å²) in [5.74, 6) is -1.17. The molecule has 0 fully saturated rings. The van der Waals surface area contributed by atoms with E-state index >= 15 is 0 Å². The van der Waals surface area contributed by atoms with Crippen molar-refractivity contribution in [2.45, 2.75) is 6.54 Å². The van der Waals surface area contributed by atoms with Gasteiger partial charge in [-0.3, -0.25) is 4.84 Å². The number of nitrogens with zero attached hydrogens (tertiary/aromatic N) is 1. The van der Waals surface area contributed by atoms with Crippen LogP contribution in [-0.2, 0) is 16.2 Å². The number of benzene rings is 1. The molecule has 0 aliphatic carbocycles. The minimum absolute atomic E-state index is 0.115. The third-order valence-electron chi connectivity index (χ3n) is 1.76. The van der Waals surface area contributed by atoms with Gasteiger partial charge in [0.25, 0.3) is 0 Å². The molecule has 0 radical (unpaired) electrons. The van der Waals surface area contributed by atoms with Gasteiger partial charge in [0.2, 0.25) is 0 Å². The molecule has 16 heavy (non-hydrogen) atoms. The van der Waals surface area contributed by atoms with Crippen LogP contribution in [0.1, 0.15) is 5.56 Å². The molecule has 0 heterocycles. The molecule has 0 spiro atoms. The second kappa shape index (κ2) is 5.72. The summed E-state index contributed by atoms with van der Waals surface area (Å²) >= 11 is 0. The number of primary amides is 1. The Bertz CT molecular complexity index is 366. The van der Waals surface area contributed by atoms with E-state index in [1.807, 2.05) is 6.07 Å². The smallest absolute Gasteiger partial charge is 0.339 e. The van der Waals surface area contributed by atoms with Gasteiger partial charge in [-0.25, -0.2) is 9.59 Å². The normalized spacial score (nSPS) is 9.75. The number of hydroxylamine groups is 2. The first-order valence-corrected chi connectivity index (χ1v) is 4.55. The SMILES string of the molecule is NC(=O)N(Cc1ccccc1)OCC(=O)O. The van der Waals surface area contributed by atoms with Crippen LogP contribution in [0, 0.1) is 0 Å². The second-order valence-corrected chi connectivity index (χ2v) is 3.03. The highest BCUT2D eigenvalue weighted by Gasteiger charge is 2.12. The van der Waals surface area contributed by atoms with Gasteiger partial charge in [0.15, 0.2) is 6.61 Å². The Morgan fingerprint density at radius 1 is 1.31 bits per heavy atom. The van der Waals surface area contributed by atoms with Crippen molar-refractivity contribution in [2.24, 2.45) is 5.73 Å². The molecule has 0 bridgehead atoms. The zero-order chi connectivity index (χ0) is 12.0. The van der Waals surface area contributed by atoms with Crippen LogP contribution in [-0.4, -0.2) is 28.8 Å². The summed E-state index contributed by atoms with van der Waals surface area (Å²) in [6.45, 7) is -0.487. The zero-order valence-corrected chi connectivity index (χ0v) is 8.50. The first-order chi connectivity index (χ1) is 7.59. The van der Waals surface area contributed by atoms with E-state index < -0.39 is 18.6 Å². The van der Waals surface area contributed by atoms with Crippen molar-refractivity contribution in [3.8, 4) is 0 Å². The lowest BCUT2D eigenvalue weighted by atomic mass is 10.2. The van der Waals surface area contributed by atoms with E-state index in [4.69, 9.17) is 15.7 Å². The summed E-state index contributed by atoms with van der Waals surface area (Å²) in [7, 11) is 0. The number of aliphatic carboxylic acids is 1. The first kappa shape index (κ1) is 12.0. The van der Waals surface area contributed by atoms with Gasteiger partial charge < -0.3 is 10.8 Å². The summed E-state index contributed by atoms with van der Waals surface area (Å²) in [5.41, 5.74) is 5.84. The van der Waals surface area contributed by atoms with Gasteiger partial charge in [0.1, 0.15) is 0 Å². The number of urea groups is 1. The van der Waals surface area contributed by atoms with Crippen LogP contribution in [0.3, 0.4) is 0 Å². The molecular formula is C10H12N2O4. The summed E-state index contributed by atoms with van der Waals surface area (Å²) in [4.78, 5) is 25.9. The van der Waals surface area contributed by atoms with Crippen LogP contribution in [0.5, 0.6) is 0 Å². The Morgan fingerprint density at radius 2 is 1.94 bits per heavy atom. The molecule has 0 saturated heterocycles. The number of carbonyl (C=O) groups excluding carboxylic acids is 1. The first-order valence-electron chi connectivity index (χ1n) is 4.55. The van der Waals surface area contributed by atoms with E-state index in [9.17, 15) is 9.59 Å². The van der Waals surface area contributed by atoms with Gasteiger partial charge in [-0.2, -0.15) is 5.06 Å². The molecule has 0 unspecified atom stereocenters. The Kier molecular flexibility index (Phi) is 4.28. The molecule has 0 aliphatic heterocycles. The number of carboxylic acid groups (broad SMARTS) is 1. The lowest BCUT2D eigenvalue weighted by Crippen LogP contribution is -2.36. The van der Waals surface area contributed by atoms with Crippen LogP contribution >= 0.6 is 0 Å². The summed E-state index contributed by atoms with van der Waals surface area (Å²) in [6, 6.07) is 8.15. The van der Waals surface area contributed by atoms with Crippen molar-refractivity contribution in [1.29, 1.82) is 0 Å². The van der Waals surface area contributed by atoms with Crippen LogP contribution in [0.15, 0.2) is 30.3 Å². The van der Waals surface area contributed by atoms with Crippen molar-refractivity contribution >= 4 is 12.0 Å². The molecule has 0 aromatic heterocycles. The van der Waals surface area contributed by atoms with Gasteiger partial charge in [0.05, 0.1) is 6.54 Å². The fourth-order valence-corrected chi connectivity index (χ4v) is 1.07. The third kappa shape index (κ3) is 3.97. The lowest BCUT2D eigenvalue weighted by Gasteiger charge is -2.18. The number of rotatable bonds is 5. The van der Waals surface area contributed by atoms with Crippen LogP contribution < -0.4 is 5.73 Å². The minimum Gasteiger partial charge on any atom is -0.479 e. The molecule has 0 atom stereocenters. The Labute approximate surface area is 92.2 Å². The Morgan fingerprint density at radius 3 is 2.44 bits per heavy atom. The molecule has 0 saturated carbocycles. The fourth-order valence-electron chi connectivity index (χ4n) is 1.07. The van der Waals surface area contributed by atoms with Crippen molar-refractivity contribution < 1.29 is 19.5 Å². The predicted molar refractivity (Wildman–Crippen MR) is 55.2 cm³/mol. The molecule has 1 rings (SSSR count). The monoisotopic (exact) mass is 224 g/mol. The average molecular weight is 224 g/mol. The topological polar surface area (TPSA) is 92.9 Å². The summed E-state index contributed by atoms with van der Waals surface area (Å²) < 4.78 is 0. The summed E-state index contributed by atoms with van der Waals surface area (Å²) in [6.07, 6.45) is 0. The molecular weight excluding hydrogens is 212 g/mol. The number of hydrogen-bond acceptors (Lipinski definition) is 3. The van der Waals surface area contributed by atoms with Crippen LogP contribution in [0.2, 0.25) is 0 Å². The standard InChI is InChI=1S/C10H12N2O4/c11-10(15)12(16-7-9(13)14)6-8-4-2-1-3-5-8/h1-5H,6-7H2,(H2,11,15)(H,13,14). The number of carboxylic acids is 1. The Balaban J connectivity index is 2.58. The zero-order valence-electron chi connectivity index (χ0n) is 8.50. The van der Waals surface area contributed by atoms with Crippen LogP contribution in [0.4, 0.5) is 4.79 Å². The summed E-state index contributed by atoms with van der Waals surface area (Å²) in [5, 5.41) is 9.22. The van der Waals surface area contributed by atoms with E-state index in [2.05, 4.69) is 0 Å². The van der Waals surface area contributed by atoms with E-state index in [1.54, 1.807) is 24.3 Å². The van der Waals surface area contributed by atoms with Crippen molar-refractivity contribution in [3.05, 3.63) is 35.9 Å². The van der Waals surface area contributed by atoms with E-state index in [1.165, 1.54) is 0 Å². The van der Waals surface area contributed by atoms with Crippen molar-refractivity contribution in [3.63, 3.8) is 0 Å². The molecule has 86 valence electrons. The Hall–Kier alpha value is -2.08. The largest absolute Gasteiger partial charge is 0.479 e. The van der Waals surface area contributed by atoms with Crippen molar-refractivity contribution in [2.75, 3.05) is 6.61 Å². The third-order valence-corrected chi connectivity index (χ3v) is 1.76. The number of nitrogens with two attached hydrogens (primary N) is 1. The second-order valence-electron chi connectivity index (χ2n) is 3.03. The molecule has 3 N–H and O–H groups in total. The molecule has 2 amide bonds. The maximum Gasteiger partial charge on any atom is 0.339 e. The van der Waals surface area contributed by atoms with E-state index in [0.29, 0.717) is 0 Å². The molecule has 0 aliphatic rings. The number of amides is 2. The van der Waals surface area contributed by atoms with E-state index in [-0.39, 0.29) is 6.54 Å². The average Bonchev–Trinajstić information content (AvgIpc) is 2.25. The van der Waals surface area contributed by atoms with Gasteiger partial charge in [-0.05, 0) is 5.56 Å². The van der Waals surface area contributed by atoms with Crippen LogP contribution in [0.25, 0.3) is 0 Å². The lowest BCUT2D eigenvalue weighted by molar-refractivity contribution is -0.164. The predicted octanol–water partition coefficient (Wildman–Crippen LogP) is 0.584. The van der Waals surface area contributed by atoms with Gasteiger partial charge in [-0.15, -0.1) is 0 Å². The quantitative estimate of drug-likeness (QED) is 0.715. The highest BCUT2D eigenvalue weighted by atomic mass is 16.7. The maximum atomic E-state index is 10.9. The maximum absolute atomic E-state index is 10.9. The molecule has 6 nitrogen and oxygen atoms in total. The van der Waals surface area contributed by atoms with Crippen molar-refractivity contribution in [1.82, 2.24) is 5.06 Å². The molecule has 1 aromatic rings. The van der Waals surface area contributed by atoms with E-state index in [0.717, 1.165) is 10.6 Å². The highest BCUT2D eigenvalue weighted by molar-refractivity contribution is 5.72. The number of hydrogen-bond donors (Lipinski definition) is 2. The van der Waals surface area contributed by atoms with Gasteiger partial charge in [-0.1, -0.05) is 30.3 Å². The molecule has 6 heteroatoms. The minimum atomic E-state index is -1.17. The molecule has 1 aromatic carbocycles. The van der Waals surface area contributed by atoms with Gasteiger partial charge in [0, 0.05) is 0 Å². The highest BCUT2D eigenvalue weighted by Crippen LogP contribution is 2.04. The van der Waals surface area contributed by atoms with Gasteiger partial charge >= 0.3 is 12.0 Å².